The van der Waals surface area contributed by atoms with E-state index in [0.29, 0.717) is 0 Å². The van der Waals surface area contributed by atoms with E-state index in [-0.39, 0.29) is 5.41 Å². The Hall–Kier alpha value is -5.40. The molecule has 1 atom stereocenters. The monoisotopic (exact) mass is 567 g/mol. The minimum atomic E-state index is -0.0716. The Bertz CT molecular complexity index is 1740. The molecule has 1 unspecified atom stereocenters. The van der Waals surface area contributed by atoms with E-state index < -0.39 is 0 Å². The highest BCUT2D eigenvalue weighted by Gasteiger charge is 2.27. The number of benzene rings is 5. The lowest BCUT2D eigenvalue weighted by molar-refractivity contribution is 0.595. The number of allylic oxidation sites excluding steroid dienone is 3. The molecular formula is C43H37N. The van der Waals surface area contributed by atoms with Gasteiger partial charge >= 0.3 is 0 Å². The van der Waals surface area contributed by atoms with E-state index >= 15 is 0 Å². The van der Waals surface area contributed by atoms with Gasteiger partial charge in [0.05, 0.1) is 0 Å². The summed E-state index contributed by atoms with van der Waals surface area (Å²) >= 11 is 0. The second-order valence-corrected chi connectivity index (χ2v) is 11.5. The smallest absolute Gasteiger partial charge is 0.0461 e. The standard InChI is InChI=1S/C43H37N/c1-5-32-8-14-35(15-9-32)37-18-24-40(25-19-37)44(41-26-20-38(21-27-41)36-16-10-33(6-2)11-17-36)42-28-30-43(4,31-29-42)39-22-12-34(7-3)13-23-39/h5-30H,1-3,31H2,4H3. The van der Waals surface area contributed by atoms with Crippen LogP contribution >= 0.6 is 0 Å². The van der Waals surface area contributed by atoms with E-state index in [1.54, 1.807) is 0 Å². The lowest BCUT2D eigenvalue weighted by Crippen LogP contribution is -2.24. The van der Waals surface area contributed by atoms with Gasteiger partial charge in [-0.2, -0.15) is 0 Å². The van der Waals surface area contributed by atoms with Crippen LogP contribution in [0.5, 0.6) is 0 Å². The van der Waals surface area contributed by atoms with Crippen molar-refractivity contribution in [2.45, 2.75) is 18.8 Å². The number of hydrogen-bond acceptors (Lipinski definition) is 1. The van der Waals surface area contributed by atoms with Gasteiger partial charge in [0.2, 0.25) is 0 Å². The molecule has 0 N–H and O–H groups in total. The Morgan fingerprint density at radius 1 is 0.523 bits per heavy atom. The quantitative estimate of drug-likeness (QED) is 0.171. The van der Waals surface area contributed by atoms with Crippen LogP contribution < -0.4 is 4.90 Å². The van der Waals surface area contributed by atoms with E-state index in [0.717, 1.165) is 40.2 Å². The van der Waals surface area contributed by atoms with Gasteiger partial charge in [-0.1, -0.05) is 154 Å². The third kappa shape index (κ3) is 5.91. The maximum Gasteiger partial charge on any atom is 0.0461 e. The van der Waals surface area contributed by atoms with Crippen molar-refractivity contribution >= 4 is 29.6 Å². The molecule has 0 aromatic heterocycles. The van der Waals surface area contributed by atoms with Crippen LogP contribution in [0, 0.1) is 0 Å². The van der Waals surface area contributed by atoms with Crippen LogP contribution in [0.2, 0.25) is 0 Å². The summed E-state index contributed by atoms with van der Waals surface area (Å²) in [6, 6.07) is 43.5. The van der Waals surface area contributed by atoms with E-state index in [1.165, 1.54) is 27.8 Å². The lowest BCUT2D eigenvalue weighted by atomic mass is 9.76. The Labute approximate surface area is 262 Å². The maximum absolute atomic E-state index is 3.90. The third-order valence-corrected chi connectivity index (χ3v) is 8.63. The van der Waals surface area contributed by atoms with Crippen LogP contribution in [0.1, 0.15) is 35.6 Å². The number of nitrogens with zero attached hydrogens (tertiary/aromatic N) is 1. The molecule has 214 valence electrons. The molecule has 5 aromatic carbocycles. The van der Waals surface area contributed by atoms with Gasteiger partial charge in [0, 0.05) is 22.5 Å². The minimum Gasteiger partial charge on any atom is -0.311 e. The van der Waals surface area contributed by atoms with Gasteiger partial charge in [0.1, 0.15) is 0 Å². The SMILES string of the molecule is C=Cc1ccc(-c2ccc(N(C3=CCC(C)(c4ccc(C=C)cc4)C=C3)c3ccc(-c4ccc(C=C)cc4)cc3)cc2)cc1. The molecule has 0 saturated heterocycles. The fourth-order valence-electron chi connectivity index (χ4n) is 5.78. The lowest BCUT2D eigenvalue weighted by Gasteiger charge is -2.33. The van der Waals surface area contributed by atoms with Crippen molar-refractivity contribution in [3.8, 4) is 22.3 Å². The van der Waals surface area contributed by atoms with Gasteiger partial charge in [0.25, 0.3) is 0 Å². The normalized spacial score (nSPS) is 15.7. The highest BCUT2D eigenvalue weighted by atomic mass is 15.1. The Balaban J connectivity index is 1.34. The molecule has 44 heavy (non-hydrogen) atoms. The van der Waals surface area contributed by atoms with Gasteiger partial charge in [-0.15, -0.1) is 0 Å². The Kier molecular flexibility index (Phi) is 8.12. The Morgan fingerprint density at radius 2 is 0.886 bits per heavy atom. The van der Waals surface area contributed by atoms with Crippen LogP contribution in [-0.2, 0) is 5.41 Å². The van der Waals surface area contributed by atoms with Crippen LogP contribution in [0.4, 0.5) is 11.4 Å². The number of rotatable bonds is 9. The zero-order valence-electron chi connectivity index (χ0n) is 25.3. The van der Waals surface area contributed by atoms with E-state index in [4.69, 9.17) is 0 Å². The van der Waals surface area contributed by atoms with Crippen molar-refractivity contribution < 1.29 is 0 Å². The summed E-state index contributed by atoms with van der Waals surface area (Å²) in [5.41, 5.74) is 12.8. The maximum atomic E-state index is 3.90. The minimum absolute atomic E-state index is 0.0716. The molecule has 0 heterocycles. The van der Waals surface area contributed by atoms with Crippen LogP contribution in [-0.4, -0.2) is 0 Å². The first kappa shape index (κ1) is 28.7. The predicted molar refractivity (Wildman–Crippen MR) is 192 cm³/mol. The fourth-order valence-corrected chi connectivity index (χ4v) is 5.78. The first-order chi connectivity index (χ1) is 21.5. The van der Waals surface area contributed by atoms with Gasteiger partial charge in [0.15, 0.2) is 0 Å². The van der Waals surface area contributed by atoms with Gasteiger partial charge in [-0.3, -0.25) is 0 Å². The van der Waals surface area contributed by atoms with Gasteiger partial charge < -0.3 is 4.90 Å². The molecule has 1 aliphatic carbocycles. The van der Waals surface area contributed by atoms with E-state index in [9.17, 15) is 0 Å². The molecule has 0 spiro atoms. The number of anilines is 2. The molecule has 6 rings (SSSR count). The summed E-state index contributed by atoms with van der Waals surface area (Å²) in [4.78, 5) is 2.35. The first-order valence-electron chi connectivity index (χ1n) is 15.1. The average Bonchev–Trinajstić information content (AvgIpc) is 3.10. The van der Waals surface area contributed by atoms with E-state index in [2.05, 4.69) is 171 Å². The first-order valence-corrected chi connectivity index (χ1v) is 15.1. The zero-order chi connectivity index (χ0) is 30.5. The molecule has 0 aliphatic heterocycles. The van der Waals surface area contributed by atoms with Crippen molar-refractivity contribution in [3.05, 3.63) is 187 Å². The van der Waals surface area contributed by atoms with Crippen LogP contribution in [0.25, 0.3) is 40.5 Å². The summed E-state index contributed by atoms with van der Waals surface area (Å²) in [7, 11) is 0. The topological polar surface area (TPSA) is 3.24 Å². The molecular weight excluding hydrogens is 530 g/mol. The summed E-state index contributed by atoms with van der Waals surface area (Å²) in [6.07, 6.45) is 13.5. The summed E-state index contributed by atoms with van der Waals surface area (Å²) < 4.78 is 0. The molecule has 0 fully saturated rings. The molecule has 1 heteroatoms. The van der Waals surface area contributed by atoms with Gasteiger partial charge in [-0.25, -0.2) is 0 Å². The van der Waals surface area contributed by atoms with E-state index in [1.807, 2.05) is 18.2 Å². The molecule has 5 aromatic rings. The molecule has 1 nitrogen and oxygen atoms in total. The molecule has 1 aliphatic rings. The van der Waals surface area contributed by atoms with Gasteiger partial charge in [-0.05, 0) is 81.3 Å². The summed E-state index contributed by atoms with van der Waals surface area (Å²) in [5.74, 6) is 0. The van der Waals surface area contributed by atoms with Crippen molar-refractivity contribution in [1.29, 1.82) is 0 Å². The second-order valence-electron chi connectivity index (χ2n) is 11.5. The highest BCUT2D eigenvalue weighted by molar-refractivity contribution is 5.76. The van der Waals surface area contributed by atoms with Crippen molar-refractivity contribution in [1.82, 2.24) is 0 Å². The number of hydrogen-bond donors (Lipinski definition) is 0. The largest absolute Gasteiger partial charge is 0.311 e. The summed E-state index contributed by atoms with van der Waals surface area (Å²) in [5, 5.41) is 0. The predicted octanol–water partition coefficient (Wildman–Crippen LogP) is 11.9. The van der Waals surface area contributed by atoms with Crippen LogP contribution in [0.3, 0.4) is 0 Å². The Morgan fingerprint density at radius 3 is 1.23 bits per heavy atom. The molecule has 0 bridgehead atoms. The van der Waals surface area contributed by atoms with Crippen LogP contribution in [0.15, 0.2) is 165 Å². The molecule has 0 amide bonds. The highest BCUT2D eigenvalue weighted by Crippen LogP contribution is 2.39. The fraction of sp³-hybridized carbons (Fsp3) is 0.0698. The van der Waals surface area contributed by atoms with Crippen molar-refractivity contribution in [3.63, 3.8) is 0 Å². The average molecular weight is 568 g/mol. The molecule has 0 saturated carbocycles. The molecule has 0 radical (unpaired) electrons. The summed E-state index contributed by atoms with van der Waals surface area (Å²) in [6.45, 7) is 14.0. The van der Waals surface area contributed by atoms with Crippen molar-refractivity contribution in [2.24, 2.45) is 0 Å². The zero-order valence-corrected chi connectivity index (χ0v) is 25.3. The third-order valence-electron chi connectivity index (χ3n) is 8.63. The second kappa shape index (κ2) is 12.5. The van der Waals surface area contributed by atoms with Crippen molar-refractivity contribution in [2.75, 3.05) is 4.90 Å².